The van der Waals surface area contributed by atoms with Crippen LogP contribution in [0.3, 0.4) is 0 Å². The average molecular weight is 526 g/mol. The maximum absolute atomic E-state index is 13.1. The van der Waals surface area contributed by atoms with Crippen molar-refractivity contribution in [3.8, 4) is 16.9 Å². The lowest BCUT2D eigenvalue weighted by atomic mass is 9.93. The maximum Gasteiger partial charge on any atom is 0.242 e. The second kappa shape index (κ2) is 18.0. The molecule has 0 spiro atoms. The fourth-order valence-corrected chi connectivity index (χ4v) is 4.01. The molecule has 0 aromatic heterocycles. The molecule has 210 valence electrons. The smallest absolute Gasteiger partial charge is 0.242 e. The highest BCUT2D eigenvalue weighted by atomic mass is 16.5. The molecule has 7 heteroatoms. The van der Waals surface area contributed by atoms with Gasteiger partial charge in [0.2, 0.25) is 17.7 Å². The van der Waals surface area contributed by atoms with E-state index in [4.69, 9.17) is 10.5 Å². The van der Waals surface area contributed by atoms with Gasteiger partial charge in [-0.2, -0.15) is 0 Å². The molecule has 0 heterocycles. The zero-order valence-corrected chi connectivity index (χ0v) is 24.1. The fourth-order valence-electron chi connectivity index (χ4n) is 4.01. The number of nitrogens with two attached hydrogens (primary N) is 1. The molecular formula is C31H47N3O4. The number of rotatable bonds is 14. The minimum atomic E-state index is -0.523. The van der Waals surface area contributed by atoms with Crippen LogP contribution in [-0.4, -0.2) is 42.8 Å². The van der Waals surface area contributed by atoms with Gasteiger partial charge in [0.1, 0.15) is 5.75 Å². The molecule has 3 amide bonds. The van der Waals surface area contributed by atoms with Crippen molar-refractivity contribution in [1.29, 1.82) is 0 Å². The van der Waals surface area contributed by atoms with Crippen molar-refractivity contribution in [3.63, 3.8) is 0 Å². The third-order valence-corrected chi connectivity index (χ3v) is 5.85. The zero-order chi connectivity index (χ0) is 28.5. The number of hydrogen-bond donors (Lipinski definition) is 2. The number of carbonyl (C=O) groups is 3. The number of ether oxygens (including phenoxy) is 1. The quantitative estimate of drug-likeness (QED) is 0.337. The van der Waals surface area contributed by atoms with E-state index in [1.807, 2.05) is 56.3 Å². The Bertz CT molecular complexity index is 989. The standard InChI is InChI=1S/C28H39N3O4.C3H8/c1-5-6-14-31(27(33)18-30-28(34)24(15-20(2)3)17-26(29)32)19-21-8-7-9-23(16-21)22-10-12-25(35-4)13-11-22;1-3-2/h7-13,16,20,24H,5-6,14-15,17-19H2,1-4H3,(H2,29,32)(H,30,34);3H2,1-2H3/t24-;/m1./s1. The first kappa shape index (κ1) is 32.7. The topological polar surface area (TPSA) is 102 Å². The lowest BCUT2D eigenvalue weighted by Crippen LogP contribution is -2.43. The summed E-state index contributed by atoms with van der Waals surface area (Å²) in [5.74, 6) is -0.453. The van der Waals surface area contributed by atoms with Crippen LogP contribution in [-0.2, 0) is 20.9 Å². The van der Waals surface area contributed by atoms with E-state index in [0.29, 0.717) is 19.5 Å². The van der Waals surface area contributed by atoms with Crippen LogP contribution >= 0.6 is 0 Å². The van der Waals surface area contributed by atoms with Crippen molar-refractivity contribution in [2.45, 2.75) is 73.3 Å². The van der Waals surface area contributed by atoms with Crippen LogP contribution in [0.1, 0.15) is 72.3 Å². The molecule has 0 aliphatic rings. The van der Waals surface area contributed by atoms with E-state index in [9.17, 15) is 14.4 Å². The summed E-state index contributed by atoms with van der Waals surface area (Å²) in [6.07, 6.45) is 3.60. The number of unbranched alkanes of at least 4 members (excludes halogenated alkanes) is 1. The Morgan fingerprint density at radius 1 is 1.00 bits per heavy atom. The molecule has 38 heavy (non-hydrogen) atoms. The van der Waals surface area contributed by atoms with Crippen molar-refractivity contribution < 1.29 is 19.1 Å². The van der Waals surface area contributed by atoms with Gasteiger partial charge in [-0.25, -0.2) is 0 Å². The molecule has 0 aliphatic carbocycles. The highest BCUT2D eigenvalue weighted by Gasteiger charge is 2.23. The van der Waals surface area contributed by atoms with E-state index < -0.39 is 11.8 Å². The molecule has 3 N–H and O–H groups in total. The van der Waals surface area contributed by atoms with Gasteiger partial charge in [-0.1, -0.05) is 77.8 Å². The summed E-state index contributed by atoms with van der Waals surface area (Å²) in [4.78, 5) is 38.9. The molecule has 0 bridgehead atoms. The highest BCUT2D eigenvalue weighted by molar-refractivity contribution is 5.88. The molecule has 0 saturated carbocycles. The summed E-state index contributed by atoms with van der Waals surface area (Å²) < 4.78 is 5.24. The highest BCUT2D eigenvalue weighted by Crippen LogP contribution is 2.24. The summed E-state index contributed by atoms with van der Waals surface area (Å²) in [6, 6.07) is 16.0. The van der Waals surface area contributed by atoms with Crippen LogP contribution in [0.25, 0.3) is 11.1 Å². The Balaban J connectivity index is 0.00000229. The third-order valence-electron chi connectivity index (χ3n) is 5.85. The van der Waals surface area contributed by atoms with Gasteiger partial charge in [-0.05, 0) is 53.6 Å². The van der Waals surface area contributed by atoms with E-state index >= 15 is 0 Å². The number of carbonyl (C=O) groups excluding carboxylic acids is 3. The van der Waals surface area contributed by atoms with Gasteiger partial charge in [0.25, 0.3) is 0 Å². The van der Waals surface area contributed by atoms with Gasteiger partial charge >= 0.3 is 0 Å². The Morgan fingerprint density at radius 3 is 2.21 bits per heavy atom. The summed E-state index contributed by atoms with van der Waals surface area (Å²) in [7, 11) is 1.64. The summed E-state index contributed by atoms with van der Waals surface area (Å²) in [6.45, 7) is 11.3. The third kappa shape index (κ3) is 12.3. The molecule has 7 nitrogen and oxygen atoms in total. The van der Waals surface area contributed by atoms with Crippen molar-refractivity contribution >= 4 is 17.7 Å². The first-order valence-electron chi connectivity index (χ1n) is 13.7. The van der Waals surface area contributed by atoms with Crippen molar-refractivity contribution in [1.82, 2.24) is 10.2 Å². The predicted octanol–water partition coefficient (Wildman–Crippen LogP) is 5.56. The second-order valence-corrected chi connectivity index (χ2v) is 10.0. The average Bonchev–Trinajstić information content (AvgIpc) is 2.89. The molecule has 2 aromatic carbocycles. The van der Waals surface area contributed by atoms with E-state index in [-0.39, 0.29) is 30.7 Å². The van der Waals surface area contributed by atoms with Crippen molar-refractivity contribution in [3.05, 3.63) is 54.1 Å². The largest absolute Gasteiger partial charge is 0.497 e. The van der Waals surface area contributed by atoms with E-state index in [2.05, 4.69) is 32.2 Å². The number of nitrogens with one attached hydrogen (secondary N) is 1. The molecule has 0 fully saturated rings. The number of benzene rings is 2. The van der Waals surface area contributed by atoms with Crippen LogP contribution in [0.5, 0.6) is 5.75 Å². The Labute approximate surface area is 229 Å². The van der Waals surface area contributed by atoms with Crippen molar-refractivity contribution in [2.24, 2.45) is 17.6 Å². The Hall–Kier alpha value is -3.35. The number of nitrogens with zero attached hydrogens (tertiary/aromatic N) is 1. The Kier molecular flexibility index (Phi) is 15.5. The van der Waals surface area contributed by atoms with Crippen molar-refractivity contribution in [2.75, 3.05) is 20.2 Å². The van der Waals surface area contributed by atoms with E-state index in [1.54, 1.807) is 12.0 Å². The van der Waals surface area contributed by atoms with Crippen LogP contribution in [0.4, 0.5) is 0 Å². The summed E-state index contributed by atoms with van der Waals surface area (Å²) in [5, 5.41) is 2.73. The SMILES string of the molecule is CCC.CCCCN(Cc1cccc(-c2ccc(OC)cc2)c1)C(=O)CNC(=O)[C@@H](CC(N)=O)CC(C)C. The van der Waals surface area contributed by atoms with Gasteiger partial charge in [0.15, 0.2) is 0 Å². The van der Waals surface area contributed by atoms with Gasteiger partial charge in [-0.3, -0.25) is 14.4 Å². The zero-order valence-electron chi connectivity index (χ0n) is 24.1. The lowest BCUT2D eigenvalue weighted by Gasteiger charge is -2.24. The number of primary amides is 1. The molecule has 1 atom stereocenters. The van der Waals surface area contributed by atoms with Gasteiger partial charge < -0.3 is 20.7 Å². The van der Waals surface area contributed by atoms with Gasteiger partial charge in [0.05, 0.1) is 13.7 Å². The lowest BCUT2D eigenvalue weighted by molar-refractivity contribution is -0.135. The monoisotopic (exact) mass is 525 g/mol. The maximum atomic E-state index is 13.1. The van der Waals surface area contributed by atoms with Gasteiger partial charge in [0, 0.05) is 25.4 Å². The second-order valence-electron chi connectivity index (χ2n) is 10.0. The van der Waals surface area contributed by atoms with Crippen LogP contribution in [0, 0.1) is 11.8 Å². The molecular weight excluding hydrogens is 478 g/mol. The molecule has 2 rings (SSSR count). The molecule has 0 saturated heterocycles. The fraction of sp³-hybridized carbons (Fsp3) is 0.516. The first-order chi connectivity index (χ1) is 18.1. The molecule has 2 aromatic rings. The molecule has 0 aliphatic heterocycles. The Morgan fingerprint density at radius 2 is 1.66 bits per heavy atom. The minimum Gasteiger partial charge on any atom is -0.497 e. The molecule has 0 unspecified atom stereocenters. The van der Waals surface area contributed by atoms with Crippen LogP contribution < -0.4 is 15.8 Å². The van der Waals surface area contributed by atoms with Crippen LogP contribution in [0.15, 0.2) is 48.5 Å². The summed E-state index contributed by atoms with van der Waals surface area (Å²) >= 11 is 0. The normalized spacial score (nSPS) is 11.2. The van der Waals surface area contributed by atoms with Gasteiger partial charge in [-0.15, -0.1) is 0 Å². The number of methoxy groups -OCH3 is 1. The molecule has 0 radical (unpaired) electrons. The number of hydrogen-bond acceptors (Lipinski definition) is 4. The van der Waals surface area contributed by atoms with E-state index in [1.165, 1.54) is 6.42 Å². The predicted molar refractivity (Wildman–Crippen MR) is 154 cm³/mol. The number of amides is 3. The first-order valence-corrected chi connectivity index (χ1v) is 13.7. The minimum absolute atomic E-state index is 0.0180. The van der Waals surface area contributed by atoms with E-state index in [0.717, 1.165) is 35.3 Å². The summed E-state index contributed by atoms with van der Waals surface area (Å²) in [5.41, 5.74) is 8.46. The van der Waals surface area contributed by atoms with Crippen LogP contribution in [0.2, 0.25) is 0 Å².